The van der Waals surface area contributed by atoms with Gasteiger partial charge in [0.25, 0.3) is 0 Å². The number of benzene rings is 3. The lowest BCUT2D eigenvalue weighted by Gasteiger charge is -2.24. The molecule has 1 aliphatic rings. The first-order valence-electron chi connectivity index (χ1n) is 11.5. The third-order valence-corrected chi connectivity index (χ3v) is 6.22. The molecule has 3 aromatic rings. The predicted molar refractivity (Wildman–Crippen MR) is 140 cm³/mol. The van der Waals surface area contributed by atoms with Gasteiger partial charge >= 0.3 is 11.9 Å². The molecule has 184 valence electrons. The Labute approximate surface area is 214 Å². The Morgan fingerprint density at radius 2 is 1.78 bits per heavy atom. The number of carboxylic acid groups (broad SMARTS) is 1. The zero-order valence-electron chi connectivity index (χ0n) is 19.8. The van der Waals surface area contributed by atoms with Crippen molar-refractivity contribution in [3.05, 3.63) is 101 Å². The van der Waals surface area contributed by atoms with Crippen molar-refractivity contribution in [2.24, 2.45) is 4.99 Å². The van der Waals surface area contributed by atoms with E-state index in [4.69, 9.17) is 26.2 Å². The minimum atomic E-state index is -1.19. The van der Waals surface area contributed by atoms with Crippen molar-refractivity contribution in [2.45, 2.75) is 24.8 Å². The minimum Gasteiger partial charge on any atom is -0.496 e. The molecule has 0 bridgehead atoms. The molecular formula is C29H26ClNO5. The molecule has 0 saturated heterocycles. The van der Waals surface area contributed by atoms with Crippen molar-refractivity contribution in [1.29, 1.82) is 0 Å². The fourth-order valence-electron chi connectivity index (χ4n) is 4.22. The molecule has 0 saturated carbocycles. The molecule has 1 heterocycles. The van der Waals surface area contributed by atoms with Crippen LogP contribution in [-0.2, 0) is 33.6 Å². The van der Waals surface area contributed by atoms with Crippen molar-refractivity contribution < 1.29 is 24.2 Å². The SMILES string of the molecule is COc1ccc(-c2cccc(CC(=O)O)c2)cc1CC1(C(=O)OCCc2cccc(Cl)c2)C=CC=N1. The molecule has 0 aromatic heterocycles. The Hall–Kier alpha value is -3.90. The number of allylic oxidation sites excluding steroid dienone is 1. The fourth-order valence-corrected chi connectivity index (χ4v) is 4.43. The molecule has 4 rings (SSSR count). The first-order chi connectivity index (χ1) is 17.4. The Morgan fingerprint density at radius 3 is 2.50 bits per heavy atom. The van der Waals surface area contributed by atoms with E-state index < -0.39 is 17.5 Å². The first kappa shape index (κ1) is 25.2. The zero-order chi connectivity index (χ0) is 25.5. The molecule has 3 aromatic carbocycles. The van der Waals surface area contributed by atoms with E-state index in [2.05, 4.69) is 4.99 Å². The van der Waals surface area contributed by atoms with Crippen LogP contribution in [0, 0.1) is 0 Å². The molecule has 36 heavy (non-hydrogen) atoms. The summed E-state index contributed by atoms with van der Waals surface area (Å²) in [5, 5.41) is 9.77. The van der Waals surface area contributed by atoms with Crippen LogP contribution >= 0.6 is 11.6 Å². The summed E-state index contributed by atoms with van der Waals surface area (Å²) >= 11 is 6.04. The number of aliphatic carboxylic acids is 1. The van der Waals surface area contributed by atoms with Crippen molar-refractivity contribution in [3.63, 3.8) is 0 Å². The quantitative estimate of drug-likeness (QED) is 0.377. The van der Waals surface area contributed by atoms with Crippen LogP contribution in [0.15, 0.2) is 83.9 Å². The summed E-state index contributed by atoms with van der Waals surface area (Å²) < 4.78 is 11.2. The van der Waals surface area contributed by atoms with E-state index >= 15 is 0 Å². The molecule has 0 aliphatic carbocycles. The van der Waals surface area contributed by atoms with E-state index in [1.54, 1.807) is 37.6 Å². The highest BCUT2D eigenvalue weighted by Gasteiger charge is 2.39. The summed E-state index contributed by atoms with van der Waals surface area (Å²) in [5.74, 6) is -0.697. The number of methoxy groups -OCH3 is 1. The van der Waals surface area contributed by atoms with Crippen molar-refractivity contribution in [3.8, 4) is 16.9 Å². The molecule has 6 nitrogen and oxygen atoms in total. The van der Waals surface area contributed by atoms with Gasteiger partial charge in [-0.15, -0.1) is 0 Å². The number of carbonyl (C=O) groups is 2. The van der Waals surface area contributed by atoms with Crippen molar-refractivity contribution >= 4 is 29.8 Å². The third kappa shape index (κ3) is 6.01. The number of rotatable bonds is 10. The molecule has 0 amide bonds. The lowest BCUT2D eigenvalue weighted by Crippen LogP contribution is -2.38. The molecule has 0 spiro atoms. The molecule has 1 unspecified atom stereocenters. The average molecular weight is 504 g/mol. The average Bonchev–Trinajstić information content (AvgIpc) is 3.33. The van der Waals surface area contributed by atoms with Crippen LogP contribution in [0.4, 0.5) is 0 Å². The third-order valence-electron chi connectivity index (χ3n) is 5.99. The van der Waals surface area contributed by atoms with Gasteiger partial charge in [0, 0.05) is 24.1 Å². The van der Waals surface area contributed by atoms with E-state index in [1.165, 1.54) is 0 Å². The summed E-state index contributed by atoms with van der Waals surface area (Å²) in [6.07, 6.45) is 5.83. The summed E-state index contributed by atoms with van der Waals surface area (Å²) in [6, 6.07) is 20.5. The van der Waals surface area contributed by atoms with E-state index in [1.807, 2.05) is 54.6 Å². The number of carboxylic acids is 1. The number of esters is 1. The van der Waals surface area contributed by atoms with Gasteiger partial charge in [0.1, 0.15) is 5.75 Å². The minimum absolute atomic E-state index is 0.0551. The van der Waals surface area contributed by atoms with Crippen molar-refractivity contribution in [2.75, 3.05) is 13.7 Å². The zero-order valence-corrected chi connectivity index (χ0v) is 20.6. The maximum Gasteiger partial charge on any atom is 0.338 e. The van der Waals surface area contributed by atoms with Gasteiger partial charge in [-0.1, -0.05) is 54.1 Å². The number of aliphatic imine (C=N–C) groups is 1. The summed E-state index contributed by atoms with van der Waals surface area (Å²) in [7, 11) is 1.58. The van der Waals surface area contributed by atoms with Gasteiger partial charge in [-0.3, -0.25) is 9.79 Å². The second kappa shape index (κ2) is 11.2. The van der Waals surface area contributed by atoms with Gasteiger partial charge in [-0.2, -0.15) is 0 Å². The van der Waals surface area contributed by atoms with Crippen LogP contribution in [0.3, 0.4) is 0 Å². The Balaban J connectivity index is 1.55. The summed E-state index contributed by atoms with van der Waals surface area (Å²) in [5.41, 5.74) is 3.05. The Morgan fingerprint density at radius 1 is 1.00 bits per heavy atom. The molecule has 7 heteroatoms. The number of ether oxygens (including phenoxy) is 2. The van der Waals surface area contributed by atoms with Crippen LogP contribution in [0.25, 0.3) is 11.1 Å². The molecule has 1 atom stereocenters. The number of hydrogen-bond donors (Lipinski definition) is 1. The highest BCUT2D eigenvalue weighted by atomic mass is 35.5. The van der Waals surface area contributed by atoms with Crippen molar-refractivity contribution in [1.82, 2.24) is 0 Å². The van der Waals surface area contributed by atoms with E-state index in [0.29, 0.717) is 22.8 Å². The topological polar surface area (TPSA) is 85.2 Å². The van der Waals surface area contributed by atoms with Crippen LogP contribution < -0.4 is 4.74 Å². The van der Waals surface area contributed by atoms with Gasteiger partial charge < -0.3 is 14.6 Å². The van der Waals surface area contributed by atoms with Gasteiger partial charge in [-0.25, -0.2) is 4.79 Å². The molecule has 0 radical (unpaired) electrons. The summed E-state index contributed by atoms with van der Waals surface area (Å²) in [4.78, 5) is 28.8. The molecule has 0 fully saturated rings. The van der Waals surface area contributed by atoms with Gasteiger partial charge in [0.2, 0.25) is 0 Å². The van der Waals surface area contributed by atoms with E-state index in [9.17, 15) is 9.59 Å². The van der Waals surface area contributed by atoms with Gasteiger partial charge in [0.15, 0.2) is 5.54 Å². The number of carbonyl (C=O) groups excluding carboxylic acids is 1. The number of hydrogen-bond acceptors (Lipinski definition) is 5. The highest BCUT2D eigenvalue weighted by Crippen LogP contribution is 2.33. The van der Waals surface area contributed by atoms with Gasteiger partial charge in [0.05, 0.1) is 20.1 Å². The Kier molecular flexibility index (Phi) is 7.86. The second-order valence-electron chi connectivity index (χ2n) is 8.55. The van der Waals surface area contributed by atoms with Crippen LogP contribution in [0.1, 0.15) is 16.7 Å². The van der Waals surface area contributed by atoms with Crippen LogP contribution in [0.5, 0.6) is 5.75 Å². The van der Waals surface area contributed by atoms with E-state index in [0.717, 1.165) is 22.3 Å². The fraction of sp³-hybridized carbons (Fsp3) is 0.207. The van der Waals surface area contributed by atoms with Crippen LogP contribution in [0.2, 0.25) is 5.02 Å². The number of nitrogens with zero attached hydrogens (tertiary/aromatic N) is 1. The smallest absolute Gasteiger partial charge is 0.338 e. The Bertz CT molecular complexity index is 1320. The standard InChI is InChI=1S/C29H26ClNO5/c1-35-26-10-9-23(22-7-2-6-21(15-22)17-27(32)33)18-24(26)19-29(12-4-13-31-29)28(34)36-14-11-20-5-3-8-25(30)16-20/h2-10,12-13,15-16,18H,11,14,17,19H2,1H3,(H,32,33). The lowest BCUT2D eigenvalue weighted by atomic mass is 9.89. The second-order valence-corrected chi connectivity index (χ2v) is 8.99. The maximum atomic E-state index is 13.2. The normalized spacial score (nSPS) is 16.2. The summed E-state index contributed by atoms with van der Waals surface area (Å²) in [6.45, 7) is 0.206. The molecule has 1 N–H and O–H groups in total. The largest absolute Gasteiger partial charge is 0.496 e. The van der Waals surface area contributed by atoms with Gasteiger partial charge in [-0.05, 0) is 64.2 Å². The monoisotopic (exact) mass is 503 g/mol. The first-order valence-corrected chi connectivity index (χ1v) is 11.9. The predicted octanol–water partition coefficient (Wildman–Crippen LogP) is 5.35. The highest BCUT2D eigenvalue weighted by molar-refractivity contribution is 6.30. The van der Waals surface area contributed by atoms with Crippen LogP contribution in [-0.4, -0.2) is 42.5 Å². The van der Waals surface area contributed by atoms with E-state index in [-0.39, 0.29) is 19.4 Å². The molecular weight excluding hydrogens is 478 g/mol. The lowest BCUT2D eigenvalue weighted by molar-refractivity contribution is -0.148. The molecule has 1 aliphatic heterocycles. The number of halogens is 1. The maximum absolute atomic E-state index is 13.2.